The number of carbonyl (C=O) groups excluding carboxylic acids is 1. The van der Waals surface area contributed by atoms with Gasteiger partial charge in [-0.15, -0.1) is 11.3 Å². The van der Waals surface area contributed by atoms with E-state index in [9.17, 15) is 13.2 Å². The molecule has 134 valence electrons. The zero-order valence-corrected chi connectivity index (χ0v) is 15.5. The van der Waals surface area contributed by atoms with E-state index in [-0.39, 0.29) is 16.9 Å². The molecular formula is C17H20N2O4S2. The van der Waals surface area contributed by atoms with Gasteiger partial charge < -0.3 is 10.1 Å². The number of hydrogen-bond donors (Lipinski definition) is 1. The fourth-order valence-electron chi connectivity index (χ4n) is 2.91. The lowest BCUT2D eigenvalue weighted by molar-refractivity contribution is -0.118. The van der Waals surface area contributed by atoms with E-state index in [4.69, 9.17) is 4.74 Å². The molecule has 1 fully saturated rings. The summed E-state index contributed by atoms with van der Waals surface area (Å²) in [6.07, 6.45) is 5.34. The topological polar surface area (TPSA) is 85.4 Å². The van der Waals surface area contributed by atoms with Gasteiger partial charge in [0.1, 0.15) is 0 Å². The average Bonchev–Trinajstić information content (AvgIpc) is 3.25. The van der Waals surface area contributed by atoms with Crippen LogP contribution in [0.25, 0.3) is 0 Å². The SMILES string of the molecule is CS(=O)(=O)c1ccc(C(C[C@H]2CCCO2)C(=O)Nc2nccs2)cc1. The van der Waals surface area contributed by atoms with Crippen LogP contribution in [0.15, 0.2) is 40.7 Å². The number of hydrogen-bond acceptors (Lipinski definition) is 6. The number of benzene rings is 1. The lowest BCUT2D eigenvalue weighted by atomic mass is 9.91. The molecule has 25 heavy (non-hydrogen) atoms. The molecule has 1 aliphatic rings. The van der Waals surface area contributed by atoms with Crippen molar-refractivity contribution in [1.29, 1.82) is 0 Å². The Hall–Kier alpha value is -1.77. The summed E-state index contributed by atoms with van der Waals surface area (Å²) in [6.45, 7) is 0.721. The summed E-state index contributed by atoms with van der Waals surface area (Å²) in [7, 11) is -3.26. The third-order valence-corrected chi connectivity index (χ3v) is 6.03. The molecule has 2 aromatic rings. The van der Waals surface area contributed by atoms with Crippen molar-refractivity contribution in [2.75, 3.05) is 18.2 Å². The second-order valence-electron chi connectivity index (χ2n) is 6.09. The normalized spacial score (nSPS) is 18.8. The Morgan fingerprint density at radius 3 is 2.72 bits per heavy atom. The molecule has 0 bridgehead atoms. The highest BCUT2D eigenvalue weighted by Gasteiger charge is 2.28. The average molecular weight is 380 g/mol. The minimum absolute atomic E-state index is 0.0432. The number of amides is 1. The van der Waals surface area contributed by atoms with E-state index in [0.29, 0.717) is 11.6 Å². The molecule has 6 nitrogen and oxygen atoms in total. The van der Waals surface area contributed by atoms with Crippen molar-refractivity contribution in [3.05, 3.63) is 41.4 Å². The maximum Gasteiger partial charge on any atom is 0.233 e. The molecule has 2 atom stereocenters. The number of anilines is 1. The van der Waals surface area contributed by atoms with Crippen molar-refractivity contribution in [2.24, 2.45) is 0 Å². The fraction of sp³-hybridized carbons (Fsp3) is 0.412. The van der Waals surface area contributed by atoms with Gasteiger partial charge in [-0.1, -0.05) is 12.1 Å². The molecule has 1 amide bonds. The Morgan fingerprint density at radius 1 is 1.40 bits per heavy atom. The molecular weight excluding hydrogens is 360 g/mol. The molecule has 0 aliphatic carbocycles. The highest BCUT2D eigenvalue weighted by atomic mass is 32.2. The van der Waals surface area contributed by atoms with E-state index >= 15 is 0 Å². The number of sulfone groups is 1. The highest BCUT2D eigenvalue weighted by Crippen LogP contribution is 2.29. The minimum atomic E-state index is -3.26. The van der Waals surface area contributed by atoms with E-state index < -0.39 is 15.8 Å². The highest BCUT2D eigenvalue weighted by molar-refractivity contribution is 7.90. The molecule has 1 aromatic heterocycles. The predicted molar refractivity (Wildman–Crippen MR) is 96.6 cm³/mol. The smallest absolute Gasteiger partial charge is 0.233 e. The summed E-state index contributed by atoms with van der Waals surface area (Å²) in [4.78, 5) is 17.1. The third-order valence-electron chi connectivity index (χ3n) is 4.21. The van der Waals surface area contributed by atoms with Crippen molar-refractivity contribution in [3.63, 3.8) is 0 Å². The van der Waals surface area contributed by atoms with Crippen LogP contribution in [0.4, 0.5) is 5.13 Å². The van der Waals surface area contributed by atoms with Crippen LogP contribution in [-0.2, 0) is 19.4 Å². The summed E-state index contributed by atoms with van der Waals surface area (Å²) in [5, 5.41) is 5.18. The molecule has 1 unspecified atom stereocenters. The van der Waals surface area contributed by atoms with Crippen molar-refractivity contribution in [1.82, 2.24) is 4.98 Å². The Morgan fingerprint density at radius 2 is 2.16 bits per heavy atom. The number of thiazole rings is 1. The second-order valence-corrected chi connectivity index (χ2v) is 9.00. The molecule has 2 heterocycles. The zero-order valence-electron chi connectivity index (χ0n) is 13.8. The fourth-order valence-corrected chi connectivity index (χ4v) is 4.07. The number of aromatic nitrogens is 1. The van der Waals surface area contributed by atoms with Gasteiger partial charge in [0, 0.05) is 24.4 Å². The third kappa shape index (κ3) is 4.65. The van der Waals surface area contributed by atoms with Crippen molar-refractivity contribution < 1.29 is 17.9 Å². The van der Waals surface area contributed by atoms with Gasteiger partial charge in [-0.2, -0.15) is 0 Å². The first-order chi connectivity index (χ1) is 11.9. The van der Waals surface area contributed by atoms with E-state index in [2.05, 4.69) is 10.3 Å². The Balaban J connectivity index is 1.83. The van der Waals surface area contributed by atoms with Crippen LogP contribution in [0.5, 0.6) is 0 Å². The maximum atomic E-state index is 12.8. The van der Waals surface area contributed by atoms with Gasteiger partial charge in [-0.3, -0.25) is 4.79 Å². The summed E-state index contributed by atoms with van der Waals surface area (Å²) < 4.78 is 28.9. The van der Waals surface area contributed by atoms with Gasteiger partial charge in [0.15, 0.2) is 15.0 Å². The van der Waals surface area contributed by atoms with Gasteiger partial charge in [0.2, 0.25) is 5.91 Å². The first kappa shape index (κ1) is 18.0. The lowest BCUT2D eigenvalue weighted by Crippen LogP contribution is -2.25. The molecule has 3 rings (SSSR count). The molecule has 0 saturated carbocycles. The van der Waals surface area contributed by atoms with Crippen molar-refractivity contribution >= 4 is 32.2 Å². The molecule has 1 saturated heterocycles. The van der Waals surface area contributed by atoms with Gasteiger partial charge in [-0.05, 0) is 37.0 Å². The van der Waals surface area contributed by atoms with E-state index in [0.717, 1.165) is 25.0 Å². The summed E-state index contributed by atoms with van der Waals surface area (Å²) >= 11 is 1.36. The van der Waals surface area contributed by atoms with Crippen LogP contribution in [0, 0.1) is 0 Å². The van der Waals surface area contributed by atoms with Crippen LogP contribution >= 0.6 is 11.3 Å². The number of carbonyl (C=O) groups is 1. The second kappa shape index (κ2) is 7.63. The molecule has 0 spiro atoms. The number of nitrogens with zero attached hydrogens (tertiary/aromatic N) is 1. The zero-order chi connectivity index (χ0) is 17.9. The van der Waals surface area contributed by atoms with Gasteiger partial charge in [-0.25, -0.2) is 13.4 Å². The van der Waals surface area contributed by atoms with Gasteiger partial charge >= 0.3 is 0 Å². The number of ether oxygens (including phenoxy) is 1. The summed E-state index contributed by atoms with van der Waals surface area (Å²) in [6, 6.07) is 6.50. The Bertz CT molecular complexity index is 811. The quantitative estimate of drug-likeness (QED) is 0.833. The van der Waals surface area contributed by atoms with Crippen LogP contribution < -0.4 is 5.32 Å². The largest absolute Gasteiger partial charge is 0.378 e. The number of rotatable bonds is 6. The van der Waals surface area contributed by atoms with Gasteiger partial charge in [0.05, 0.1) is 16.9 Å². The maximum absolute atomic E-state index is 12.8. The first-order valence-corrected chi connectivity index (χ1v) is 10.8. The predicted octanol–water partition coefficient (Wildman–Crippen LogP) is 2.84. The van der Waals surface area contributed by atoms with E-state index in [1.807, 2.05) is 0 Å². The monoisotopic (exact) mass is 380 g/mol. The van der Waals surface area contributed by atoms with E-state index in [1.54, 1.807) is 35.8 Å². The minimum Gasteiger partial charge on any atom is -0.378 e. The molecule has 1 aliphatic heterocycles. The first-order valence-electron chi connectivity index (χ1n) is 8.05. The molecule has 8 heteroatoms. The van der Waals surface area contributed by atoms with Crippen LogP contribution in [0.1, 0.15) is 30.7 Å². The van der Waals surface area contributed by atoms with E-state index in [1.165, 1.54) is 17.6 Å². The molecule has 0 radical (unpaired) electrons. The standard InChI is InChI=1S/C17H20N2O4S2/c1-25(21,22)14-6-4-12(5-7-14)15(11-13-3-2-9-23-13)16(20)19-17-18-8-10-24-17/h4-8,10,13,15H,2-3,9,11H2,1H3,(H,18,19,20)/t13-,15?/m1/s1. The van der Waals surface area contributed by atoms with Crippen molar-refractivity contribution in [3.8, 4) is 0 Å². The van der Waals surface area contributed by atoms with Crippen LogP contribution in [0.3, 0.4) is 0 Å². The molecule has 1 N–H and O–H groups in total. The van der Waals surface area contributed by atoms with Crippen LogP contribution in [0.2, 0.25) is 0 Å². The van der Waals surface area contributed by atoms with Crippen molar-refractivity contribution in [2.45, 2.75) is 36.2 Å². The lowest BCUT2D eigenvalue weighted by Gasteiger charge is -2.20. The molecule has 1 aromatic carbocycles. The van der Waals surface area contributed by atoms with Crippen LogP contribution in [-0.4, -0.2) is 38.3 Å². The Kier molecular flexibility index (Phi) is 5.51. The summed E-state index contributed by atoms with van der Waals surface area (Å²) in [5.41, 5.74) is 0.775. The number of nitrogens with one attached hydrogen (secondary N) is 1. The summed E-state index contributed by atoms with van der Waals surface area (Å²) in [5.74, 6) is -0.571. The van der Waals surface area contributed by atoms with Gasteiger partial charge in [0.25, 0.3) is 0 Å². The Labute approximate surface area is 151 Å².